The van der Waals surface area contributed by atoms with Crippen LogP contribution in [0.4, 0.5) is 0 Å². The van der Waals surface area contributed by atoms with E-state index in [1.807, 2.05) is 0 Å². The minimum absolute atomic E-state index is 1.09. The van der Waals surface area contributed by atoms with Gasteiger partial charge in [0, 0.05) is 6.42 Å². The fourth-order valence-corrected chi connectivity index (χ4v) is 4.04. The molecule has 0 aliphatic rings. The van der Waals surface area contributed by atoms with Gasteiger partial charge in [0.15, 0.2) is 0 Å². The Bertz CT molecular complexity index is 312. The summed E-state index contributed by atoms with van der Waals surface area (Å²) in [4.78, 5) is 0. The molecule has 0 heterocycles. The molecule has 0 N–H and O–H groups in total. The van der Waals surface area contributed by atoms with Gasteiger partial charge in [-0.15, -0.1) is 0 Å². The third kappa shape index (κ3) is 26.0. The van der Waals surface area contributed by atoms with Gasteiger partial charge in [-0.2, -0.15) is 0 Å². The quantitative estimate of drug-likeness (QED) is 0.0973. The maximum atomic E-state index is 3.12. The Hall–Kier alpha value is -0.0100. The van der Waals surface area contributed by atoms with E-state index in [4.69, 9.17) is 0 Å². The van der Waals surface area contributed by atoms with E-state index in [0.29, 0.717) is 0 Å². The van der Waals surface area contributed by atoms with Crippen LogP contribution < -0.4 is 0 Å². The molecule has 0 aromatic rings. The molecule has 0 aliphatic heterocycles. The van der Waals surface area contributed by atoms with Gasteiger partial charge in [-0.25, -0.2) is 0 Å². The second-order valence-electron chi connectivity index (χ2n) is 8.50. The maximum absolute atomic E-state index is 3.12. The highest BCUT2D eigenvalue weighted by atomic mass is 31.0. The largest absolute Gasteiger partial charge is 0.0992 e. The van der Waals surface area contributed by atoms with E-state index in [9.17, 15) is 0 Å². The summed E-state index contributed by atoms with van der Waals surface area (Å²) in [7, 11) is 2.48. The normalized spacial score (nSPS) is 10.7. The van der Waals surface area contributed by atoms with E-state index in [1.54, 1.807) is 0 Å². The first-order valence-corrected chi connectivity index (χ1v) is 13.2. The smallest absolute Gasteiger partial charge is 0.00919 e. The number of rotatable bonds is 22. The first-order valence-electron chi connectivity index (χ1n) is 12.6. The van der Waals surface area contributed by atoms with Crippen LogP contribution in [0.3, 0.4) is 0 Å². The molecule has 1 heteroatoms. The van der Waals surface area contributed by atoms with Gasteiger partial charge in [-0.3, -0.25) is 0 Å². The summed E-state index contributed by atoms with van der Waals surface area (Å²) in [5.74, 6) is 3.12. The molecule has 0 saturated carbocycles. The molecular formula is C26H51P. The maximum Gasteiger partial charge on any atom is 0.00919 e. The van der Waals surface area contributed by atoms with Crippen molar-refractivity contribution in [3.63, 3.8) is 0 Å². The molecule has 0 aliphatic carbocycles. The molecule has 0 rings (SSSR count). The van der Waals surface area contributed by atoms with Crippen LogP contribution in [0.5, 0.6) is 0 Å². The monoisotopic (exact) mass is 394 g/mol. The molecule has 0 saturated heterocycles. The van der Waals surface area contributed by atoms with Crippen molar-refractivity contribution >= 4 is 9.24 Å². The van der Waals surface area contributed by atoms with E-state index in [-0.39, 0.29) is 0 Å². The summed E-state index contributed by atoms with van der Waals surface area (Å²) in [6.07, 6.45) is 33.0. The lowest BCUT2D eigenvalue weighted by Crippen LogP contribution is -1.84. The first kappa shape index (κ1) is 27.0. The zero-order valence-corrected chi connectivity index (χ0v) is 20.0. The molecule has 0 aromatic heterocycles. The van der Waals surface area contributed by atoms with Crippen molar-refractivity contribution in [2.45, 2.75) is 155 Å². The minimum Gasteiger partial charge on any atom is -0.0992 e. The molecule has 0 spiro atoms. The first-order chi connectivity index (χ1) is 13.4. The zero-order valence-electron chi connectivity index (χ0n) is 18.8. The van der Waals surface area contributed by atoms with Crippen molar-refractivity contribution < 1.29 is 0 Å². The Morgan fingerprint density at radius 1 is 0.407 bits per heavy atom. The number of unbranched alkanes of at least 4 members (excludes halogenated alkanes) is 22. The lowest BCUT2D eigenvalue weighted by atomic mass is 10.0. The molecule has 160 valence electrons. The predicted octanol–water partition coefficient (Wildman–Crippen LogP) is 9.81. The van der Waals surface area contributed by atoms with Crippen LogP contribution in [-0.4, -0.2) is 0 Å². The summed E-state index contributed by atoms with van der Waals surface area (Å²) in [6, 6.07) is 0. The second kappa shape index (κ2) is 26.0. The van der Waals surface area contributed by atoms with Crippen LogP contribution >= 0.6 is 9.24 Å². The van der Waals surface area contributed by atoms with E-state index < -0.39 is 0 Å². The van der Waals surface area contributed by atoms with Crippen LogP contribution in [-0.2, 0) is 0 Å². The van der Waals surface area contributed by atoms with Gasteiger partial charge in [0.25, 0.3) is 0 Å². The SMILES string of the molecule is CCCCCCCCCCCCCCCCCCCCCCCCC#CP. The van der Waals surface area contributed by atoms with Crippen molar-refractivity contribution in [2.75, 3.05) is 0 Å². The fourth-order valence-electron chi connectivity index (χ4n) is 3.89. The number of hydrogen-bond donors (Lipinski definition) is 0. The van der Waals surface area contributed by atoms with Gasteiger partial charge in [0.1, 0.15) is 0 Å². The molecule has 0 aromatic carbocycles. The predicted molar refractivity (Wildman–Crippen MR) is 129 cm³/mol. The van der Waals surface area contributed by atoms with Crippen LogP contribution in [0.2, 0.25) is 0 Å². The molecule has 1 unspecified atom stereocenters. The molecule has 27 heavy (non-hydrogen) atoms. The third-order valence-corrected chi connectivity index (χ3v) is 5.96. The lowest BCUT2D eigenvalue weighted by Gasteiger charge is -2.04. The highest BCUT2D eigenvalue weighted by molar-refractivity contribution is 7.23. The van der Waals surface area contributed by atoms with Crippen molar-refractivity contribution in [1.82, 2.24) is 0 Å². The molecule has 0 radical (unpaired) electrons. The summed E-state index contributed by atoms with van der Waals surface area (Å²) in [6.45, 7) is 2.30. The average molecular weight is 395 g/mol. The average Bonchev–Trinajstić information content (AvgIpc) is 2.68. The highest BCUT2D eigenvalue weighted by Gasteiger charge is 1.95. The number of hydrogen-bond acceptors (Lipinski definition) is 0. The summed E-state index contributed by atoms with van der Waals surface area (Å²) < 4.78 is 0. The molecule has 1 atom stereocenters. The Labute approximate surface area is 175 Å². The lowest BCUT2D eigenvalue weighted by molar-refractivity contribution is 0.519. The topological polar surface area (TPSA) is 0 Å². The van der Waals surface area contributed by atoms with Gasteiger partial charge >= 0.3 is 0 Å². The van der Waals surface area contributed by atoms with Crippen LogP contribution in [0, 0.1) is 11.6 Å². The Morgan fingerprint density at radius 2 is 0.667 bits per heavy atom. The van der Waals surface area contributed by atoms with E-state index in [0.717, 1.165) is 6.42 Å². The second-order valence-corrected chi connectivity index (χ2v) is 8.78. The van der Waals surface area contributed by atoms with Crippen molar-refractivity contribution in [3.8, 4) is 11.6 Å². The van der Waals surface area contributed by atoms with E-state index >= 15 is 0 Å². The van der Waals surface area contributed by atoms with Gasteiger partial charge < -0.3 is 0 Å². The van der Waals surface area contributed by atoms with Crippen molar-refractivity contribution in [1.29, 1.82) is 0 Å². The van der Waals surface area contributed by atoms with Gasteiger partial charge in [-0.1, -0.05) is 163 Å². The molecule has 0 nitrogen and oxygen atoms in total. The minimum atomic E-state index is 1.09. The Kier molecular flexibility index (Phi) is 26.0. The van der Waals surface area contributed by atoms with Crippen molar-refractivity contribution in [2.24, 2.45) is 0 Å². The molecule has 0 amide bonds. The van der Waals surface area contributed by atoms with Crippen LogP contribution in [0.25, 0.3) is 0 Å². The summed E-state index contributed by atoms with van der Waals surface area (Å²) in [5.41, 5.74) is 2.90. The van der Waals surface area contributed by atoms with E-state index in [1.165, 1.54) is 141 Å². The standard InChI is InChI=1S/C26H51P/c1-2-3-4-5-6-7-8-9-10-11-12-13-14-15-16-17-18-19-20-21-22-23-24-25-26-27/h2-24,27H2,1H3. The van der Waals surface area contributed by atoms with Crippen LogP contribution in [0.1, 0.15) is 155 Å². The third-order valence-electron chi connectivity index (χ3n) is 5.76. The van der Waals surface area contributed by atoms with Gasteiger partial charge in [0.05, 0.1) is 0 Å². The van der Waals surface area contributed by atoms with E-state index in [2.05, 4.69) is 27.7 Å². The summed E-state index contributed by atoms with van der Waals surface area (Å²) >= 11 is 0. The van der Waals surface area contributed by atoms with Crippen LogP contribution in [0.15, 0.2) is 0 Å². The summed E-state index contributed by atoms with van der Waals surface area (Å²) in [5, 5.41) is 0. The molecule has 0 fully saturated rings. The molecule has 0 bridgehead atoms. The van der Waals surface area contributed by atoms with Gasteiger partial charge in [0.2, 0.25) is 0 Å². The Balaban J connectivity index is 2.98. The van der Waals surface area contributed by atoms with Crippen molar-refractivity contribution in [3.05, 3.63) is 0 Å². The molecular weight excluding hydrogens is 343 g/mol. The fraction of sp³-hybridized carbons (Fsp3) is 0.923. The zero-order chi connectivity index (χ0) is 19.7. The highest BCUT2D eigenvalue weighted by Crippen LogP contribution is 2.15. The Morgan fingerprint density at radius 3 is 0.926 bits per heavy atom. The van der Waals surface area contributed by atoms with Gasteiger partial charge in [-0.05, 0) is 6.42 Å².